The molecule has 1 amide bonds. The summed E-state index contributed by atoms with van der Waals surface area (Å²) in [7, 11) is 1.88. The van der Waals surface area contributed by atoms with Gasteiger partial charge in [0.05, 0.1) is 0 Å². The zero-order chi connectivity index (χ0) is 11.0. The van der Waals surface area contributed by atoms with Crippen molar-refractivity contribution in [3.8, 4) is 0 Å². The molecular formula is C11H24N2O. The van der Waals surface area contributed by atoms with E-state index in [0.717, 1.165) is 26.1 Å². The summed E-state index contributed by atoms with van der Waals surface area (Å²) in [4.78, 5) is 13.4. The molecule has 0 saturated carbocycles. The van der Waals surface area contributed by atoms with Crippen LogP contribution in [0.15, 0.2) is 0 Å². The molecule has 0 aromatic rings. The third-order valence-electron chi connectivity index (χ3n) is 2.06. The molecular weight excluding hydrogens is 176 g/mol. The molecule has 0 radical (unpaired) electrons. The number of nitrogens with one attached hydrogen (secondary N) is 1. The molecule has 0 heterocycles. The van der Waals surface area contributed by atoms with Crippen molar-refractivity contribution in [1.29, 1.82) is 0 Å². The Morgan fingerprint density at radius 2 is 2.07 bits per heavy atom. The Bertz CT molecular complexity index is 157. The maximum absolute atomic E-state index is 11.5. The summed E-state index contributed by atoms with van der Waals surface area (Å²) in [6.07, 6.45) is 1.60. The van der Waals surface area contributed by atoms with Crippen LogP contribution in [0.5, 0.6) is 0 Å². The van der Waals surface area contributed by atoms with Gasteiger partial charge in [0, 0.05) is 20.0 Å². The first-order chi connectivity index (χ1) is 6.57. The molecule has 0 rings (SSSR count). The summed E-state index contributed by atoms with van der Waals surface area (Å²) < 4.78 is 0. The predicted molar refractivity (Wildman–Crippen MR) is 60.3 cm³/mol. The molecule has 0 aromatic heterocycles. The van der Waals surface area contributed by atoms with Gasteiger partial charge in [-0.2, -0.15) is 0 Å². The predicted octanol–water partition coefficient (Wildman–Crippen LogP) is 1.49. The summed E-state index contributed by atoms with van der Waals surface area (Å²) in [5.74, 6) is 0.814. The van der Waals surface area contributed by atoms with Crippen LogP contribution in [-0.4, -0.2) is 37.5 Å². The van der Waals surface area contributed by atoms with Crippen molar-refractivity contribution in [2.24, 2.45) is 5.92 Å². The van der Waals surface area contributed by atoms with Gasteiger partial charge in [-0.1, -0.05) is 20.8 Å². The Balaban J connectivity index is 3.52. The third-order valence-corrected chi connectivity index (χ3v) is 2.06. The minimum Gasteiger partial charge on any atom is -0.346 e. The van der Waals surface area contributed by atoms with E-state index in [9.17, 15) is 4.79 Å². The average Bonchev–Trinajstić information content (AvgIpc) is 2.11. The first-order valence-corrected chi connectivity index (χ1v) is 5.52. The van der Waals surface area contributed by atoms with Crippen molar-refractivity contribution in [3.05, 3.63) is 0 Å². The van der Waals surface area contributed by atoms with Crippen molar-refractivity contribution < 1.29 is 4.79 Å². The molecule has 0 spiro atoms. The number of hydrogen-bond donors (Lipinski definition) is 1. The highest BCUT2D eigenvalue weighted by molar-refractivity contribution is 5.75. The summed E-state index contributed by atoms with van der Waals surface area (Å²) in [6.45, 7) is 9.12. The van der Waals surface area contributed by atoms with Gasteiger partial charge in [-0.25, -0.2) is 0 Å². The Labute approximate surface area is 87.9 Å². The van der Waals surface area contributed by atoms with Crippen LogP contribution in [0.25, 0.3) is 0 Å². The second-order valence-corrected chi connectivity index (χ2v) is 4.13. The highest BCUT2D eigenvalue weighted by atomic mass is 16.2. The fourth-order valence-corrected chi connectivity index (χ4v) is 1.38. The quantitative estimate of drug-likeness (QED) is 0.632. The highest BCUT2D eigenvalue weighted by Crippen LogP contribution is 2.00. The Morgan fingerprint density at radius 3 is 2.57 bits per heavy atom. The molecule has 0 atom stereocenters. The van der Waals surface area contributed by atoms with Crippen LogP contribution < -0.4 is 5.32 Å². The molecule has 3 nitrogen and oxygen atoms in total. The van der Waals surface area contributed by atoms with E-state index in [4.69, 9.17) is 0 Å². The van der Waals surface area contributed by atoms with Crippen molar-refractivity contribution >= 4 is 5.91 Å². The number of rotatable bonds is 7. The monoisotopic (exact) mass is 200 g/mol. The average molecular weight is 200 g/mol. The Hall–Kier alpha value is -0.570. The molecule has 0 bridgehead atoms. The lowest BCUT2D eigenvalue weighted by molar-refractivity contribution is -0.130. The standard InChI is InChI=1S/C11H24N2O/c1-5-12-8-6-7-11(14)13(4)9-10(2)3/h10,12H,5-9H2,1-4H3. The van der Waals surface area contributed by atoms with Crippen molar-refractivity contribution in [3.63, 3.8) is 0 Å². The maximum atomic E-state index is 11.5. The number of carbonyl (C=O) groups excluding carboxylic acids is 1. The molecule has 0 saturated heterocycles. The third kappa shape index (κ3) is 6.89. The van der Waals surface area contributed by atoms with Gasteiger partial charge < -0.3 is 10.2 Å². The lowest BCUT2D eigenvalue weighted by Crippen LogP contribution is -2.30. The molecule has 0 fully saturated rings. The van der Waals surface area contributed by atoms with E-state index in [1.807, 2.05) is 11.9 Å². The molecule has 14 heavy (non-hydrogen) atoms. The number of hydrogen-bond acceptors (Lipinski definition) is 2. The molecule has 1 N–H and O–H groups in total. The summed E-state index contributed by atoms with van der Waals surface area (Å²) >= 11 is 0. The van der Waals surface area contributed by atoms with E-state index in [0.29, 0.717) is 12.3 Å². The SMILES string of the molecule is CCNCCCC(=O)N(C)CC(C)C. The number of nitrogens with zero attached hydrogens (tertiary/aromatic N) is 1. The fraction of sp³-hybridized carbons (Fsp3) is 0.909. The van der Waals surface area contributed by atoms with Crippen LogP contribution in [0.2, 0.25) is 0 Å². The van der Waals surface area contributed by atoms with Crippen molar-refractivity contribution in [2.45, 2.75) is 33.6 Å². The van der Waals surface area contributed by atoms with Gasteiger partial charge in [0.15, 0.2) is 0 Å². The minimum atomic E-state index is 0.261. The van der Waals surface area contributed by atoms with Crippen molar-refractivity contribution in [1.82, 2.24) is 10.2 Å². The van der Waals surface area contributed by atoms with E-state index in [-0.39, 0.29) is 5.91 Å². The van der Waals surface area contributed by atoms with Crippen LogP contribution in [0.1, 0.15) is 33.6 Å². The highest BCUT2D eigenvalue weighted by Gasteiger charge is 2.08. The zero-order valence-electron chi connectivity index (χ0n) is 9.97. The van der Waals surface area contributed by atoms with E-state index in [2.05, 4.69) is 26.1 Å². The lowest BCUT2D eigenvalue weighted by Gasteiger charge is -2.19. The molecule has 0 aliphatic carbocycles. The van der Waals surface area contributed by atoms with Crippen LogP contribution in [0.4, 0.5) is 0 Å². The molecule has 0 aliphatic heterocycles. The number of amides is 1. The first kappa shape index (κ1) is 13.4. The van der Waals surface area contributed by atoms with E-state index >= 15 is 0 Å². The van der Waals surface area contributed by atoms with E-state index < -0.39 is 0 Å². The molecule has 84 valence electrons. The molecule has 0 aliphatic rings. The fourth-order valence-electron chi connectivity index (χ4n) is 1.38. The Kier molecular flexibility index (Phi) is 7.48. The van der Waals surface area contributed by atoms with Crippen LogP contribution >= 0.6 is 0 Å². The summed E-state index contributed by atoms with van der Waals surface area (Å²) in [6, 6.07) is 0. The van der Waals surface area contributed by atoms with E-state index in [1.165, 1.54) is 0 Å². The van der Waals surface area contributed by atoms with Gasteiger partial charge in [0.1, 0.15) is 0 Å². The van der Waals surface area contributed by atoms with Gasteiger partial charge in [0.2, 0.25) is 5.91 Å². The maximum Gasteiger partial charge on any atom is 0.222 e. The smallest absolute Gasteiger partial charge is 0.222 e. The lowest BCUT2D eigenvalue weighted by atomic mass is 10.2. The molecule has 0 unspecified atom stereocenters. The molecule has 0 aromatic carbocycles. The molecule has 3 heteroatoms. The second-order valence-electron chi connectivity index (χ2n) is 4.13. The Morgan fingerprint density at radius 1 is 1.43 bits per heavy atom. The zero-order valence-corrected chi connectivity index (χ0v) is 9.97. The van der Waals surface area contributed by atoms with Gasteiger partial charge in [-0.3, -0.25) is 4.79 Å². The summed E-state index contributed by atoms with van der Waals surface area (Å²) in [5, 5.41) is 3.21. The first-order valence-electron chi connectivity index (χ1n) is 5.52. The van der Waals surface area contributed by atoms with Gasteiger partial charge in [-0.15, -0.1) is 0 Å². The van der Waals surface area contributed by atoms with Crippen LogP contribution in [0, 0.1) is 5.92 Å². The van der Waals surface area contributed by atoms with Crippen LogP contribution in [-0.2, 0) is 4.79 Å². The van der Waals surface area contributed by atoms with Gasteiger partial charge in [-0.05, 0) is 25.4 Å². The van der Waals surface area contributed by atoms with Gasteiger partial charge in [0.25, 0.3) is 0 Å². The van der Waals surface area contributed by atoms with E-state index in [1.54, 1.807) is 0 Å². The van der Waals surface area contributed by atoms with Crippen molar-refractivity contribution in [2.75, 3.05) is 26.7 Å². The largest absolute Gasteiger partial charge is 0.346 e. The van der Waals surface area contributed by atoms with Gasteiger partial charge >= 0.3 is 0 Å². The topological polar surface area (TPSA) is 32.3 Å². The minimum absolute atomic E-state index is 0.261. The number of carbonyl (C=O) groups is 1. The normalized spacial score (nSPS) is 10.6. The second kappa shape index (κ2) is 7.80. The van der Waals surface area contributed by atoms with Crippen LogP contribution in [0.3, 0.4) is 0 Å². The summed E-state index contributed by atoms with van der Waals surface area (Å²) in [5.41, 5.74) is 0.